The highest BCUT2D eigenvalue weighted by Gasteiger charge is 2.13. The minimum absolute atomic E-state index is 0.0719. The highest BCUT2D eigenvalue weighted by atomic mass is 79.9. The van der Waals surface area contributed by atoms with Crippen LogP contribution in [0.2, 0.25) is 0 Å². The molecule has 2 amide bonds. The maximum atomic E-state index is 12.4. The molecule has 184 valence electrons. The standard InChI is InChI=1S/C23H20Br3N3O5S/c1-32-8-9-33-18-6-3-14(11-17(18)25)22(31)27-23(35)29-28-20(30)12-34-19-7-2-13-10-15(24)4-5-16(13)21(19)26/h2-7,10-11H,8-9,12H2,1H3,(H,28,30)(H2,27,29,31,35). The van der Waals surface area contributed by atoms with Gasteiger partial charge >= 0.3 is 0 Å². The summed E-state index contributed by atoms with van der Waals surface area (Å²) in [5.41, 5.74) is 5.22. The number of thiocarbonyl (C=S) groups is 1. The molecule has 12 heteroatoms. The molecule has 3 N–H and O–H groups in total. The number of methoxy groups -OCH3 is 1. The largest absolute Gasteiger partial charge is 0.490 e. The summed E-state index contributed by atoms with van der Waals surface area (Å²) < 4.78 is 18.4. The average Bonchev–Trinajstić information content (AvgIpc) is 2.83. The molecule has 0 saturated heterocycles. The van der Waals surface area contributed by atoms with Crippen LogP contribution < -0.4 is 25.6 Å². The van der Waals surface area contributed by atoms with E-state index in [2.05, 4.69) is 64.0 Å². The Labute approximate surface area is 232 Å². The second kappa shape index (κ2) is 13.2. The van der Waals surface area contributed by atoms with Gasteiger partial charge in [0.05, 0.1) is 15.6 Å². The number of rotatable bonds is 8. The lowest BCUT2D eigenvalue weighted by atomic mass is 10.1. The van der Waals surface area contributed by atoms with Crippen molar-refractivity contribution in [3.63, 3.8) is 0 Å². The number of benzene rings is 3. The highest BCUT2D eigenvalue weighted by Crippen LogP contribution is 2.34. The van der Waals surface area contributed by atoms with E-state index in [0.29, 0.717) is 34.7 Å². The number of amides is 2. The number of carbonyl (C=O) groups excluding carboxylic acids is 2. The van der Waals surface area contributed by atoms with E-state index in [9.17, 15) is 9.59 Å². The van der Waals surface area contributed by atoms with Crippen molar-refractivity contribution in [1.82, 2.24) is 16.2 Å². The first-order valence-corrected chi connectivity index (χ1v) is 12.9. The minimum Gasteiger partial charge on any atom is -0.490 e. The lowest BCUT2D eigenvalue weighted by molar-refractivity contribution is -0.123. The lowest BCUT2D eigenvalue weighted by Gasteiger charge is -2.13. The van der Waals surface area contributed by atoms with Crippen molar-refractivity contribution in [2.75, 3.05) is 26.9 Å². The molecule has 0 saturated carbocycles. The smallest absolute Gasteiger partial charge is 0.276 e. The van der Waals surface area contributed by atoms with E-state index in [1.54, 1.807) is 31.4 Å². The minimum atomic E-state index is -0.482. The lowest BCUT2D eigenvalue weighted by Crippen LogP contribution is -2.49. The zero-order valence-corrected chi connectivity index (χ0v) is 23.9. The van der Waals surface area contributed by atoms with Crippen molar-refractivity contribution in [3.05, 3.63) is 67.5 Å². The van der Waals surface area contributed by atoms with E-state index in [1.165, 1.54) is 0 Å². The Morgan fingerprint density at radius 3 is 2.43 bits per heavy atom. The quantitative estimate of drug-likeness (QED) is 0.177. The summed E-state index contributed by atoms with van der Waals surface area (Å²) in [5, 5.41) is 4.39. The number of ether oxygens (including phenoxy) is 3. The third-order valence-electron chi connectivity index (χ3n) is 4.52. The topological polar surface area (TPSA) is 97.9 Å². The van der Waals surface area contributed by atoms with Crippen molar-refractivity contribution >= 4 is 87.7 Å². The normalized spacial score (nSPS) is 10.5. The Bertz CT molecular complexity index is 1260. The van der Waals surface area contributed by atoms with Gasteiger partial charge in [0.1, 0.15) is 18.1 Å². The van der Waals surface area contributed by atoms with Gasteiger partial charge in [0.15, 0.2) is 11.7 Å². The molecule has 0 aromatic heterocycles. The van der Waals surface area contributed by atoms with Gasteiger partial charge in [-0.1, -0.05) is 28.1 Å². The number of hydrogen-bond acceptors (Lipinski definition) is 6. The maximum Gasteiger partial charge on any atom is 0.276 e. The summed E-state index contributed by atoms with van der Waals surface area (Å²) in [6.45, 7) is 0.568. The third-order valence-corrected chi connectivity index (χ3v) is 6.66. The van der Waals surface area contributed by atoms with E-state index in [4.69, 9.17) is 26.4 Å². The van der Waals surface area contributed by atoms with Gasteiger partial charge in [0, 0.05) is 17.1 Å². The van der Waals surface area contributed by atoms with Gasteiger partial charge in [-0.3, -0.25) is 25.8 Å². The summed E-state index contributed by atoms with van der Waals surface area (Å²) >= 11 is 15.4. The molecule has 0 bridgehead atoms. The summed E-state index contributed by atoms with van der Waals surface area (Å²) in [6, 6.07) is 14.4. The number of fused-ring (bicyclic) bond motifs is 1. The van der Waals surface area contributed by atoms with Crippen molar-refractivity contribution < 1.29 is 23.8 Å². The average molecular weight is 690 g/mol. The predicted octanol–water partition coefficient (Wildman–Crippen LogP) is 4.87. The second-order valence-electron chi connectivity index (χ2n) is 6.97. The van der Waals surface area contributed by atoms with Crippen LogP contribution in [-0.2, 0) is 9.53 Å². The summed E-state index contributed by atoms with van der Waals surface area (Å²) in [4.78, 5) is 24.6. The van der Waals surface area contributed by atoms with E-state index < -0.39 is 11.8 Å². The van der Waals surface area contributed by atoms with Gasteiger partial charge in [-0.2, -0.15) is 0 Å². The molecule has 35 heavy (non-hydrogen) atoms. The molecule has 0 aliphatic heterocycles. The van der Waals surface area contributed by atoms with Gasteiger partial charge in [-0.15, -0.1) is 0 Å². The van der Waals surface area contributed by atoms with E-state index in [0.717, 1.165) is 19.7 Å². The molecule has 0 radical (unpaired) electrons. The predicted molar refractivity (Wildman–Crippen MR) is 148 cm³/mol. The molecule has 0 aliphatic carbocycles. The number of nitrogens with one attached hydrogen (secondary N) is 3. The van der Waals surface area contributed by atoms with Crippen molar-refractivity contribution in [3.8, 4) is 11.5 Å². The van der Waals surface area contributed by atoms with E-state index in [-0.39, 0.29) is 11.7 Å². The molecular formula is C23H20Br3N3O5S. The molecule has 0 unspecified atom stereocenters. The molecule has 0 fully saturated rings. The first kappa shape index (κ1) is 27.3. The SMILES string of the molecule is COCCOc1ccc(C(=O)NC(=S)NNC(=O)COc2ccc3cc(Br)ccc3c2Br)cc1Br. The summed E-state index contributed by atoms with van der Waals surface area (Å²) in [5.74, 6) is 0.164. The summed E-state index contributed by atoms with van der Waals surface area (Å²) in [7, 11) is 1.58. The highest BCUT2D eigenvalue weighted by molar-refractivity contribution is 9.11. The molecule has 0 aliphatic rings. The molecule has 0 atom stereocenters. The van der Waals surface area contributed by atoms with Crippen LogP contribution in [0.5, 0.6) is 11.5 Å². The Morgan fingerprint density at radius 1 is 0.914 bits per heavy atom. The van der Waals surface area contributed by atoms with Crippen LogP contribution in [0.15, 0.2) is 61.9 Å². The van der Waals surface area contributed by atoms with Crippen LogP contribution >= 0.6 is 60.0 Å². The fourth-order valence-corrected chi connectivity index (χ4v) is 4.48. The van der Waals surface area contributed by atoms with Crippen molar-refractivity contribution in [2.45, 2.75) is 0 Å². The monoisotopic (exact) mass is 687 g/mol. The van der Waals surface area contributed by atoms with Gasteiger partial charge < -0.3 is 14.2 Å². The molecule has 3 aromatic rings. The first-order chi connectivity index (χ1) is 16.8. The number of halogens is 3. The number of carbonyl (C=O) groups is 2. The van der Waals surface area contributed by atoms with Crippen LogP contribution in [-0.4, -0.2) is 43.9 Å². The Hall–Kier alpha value is -2.25. The molecule has 0 heterocycles. The van der Waals surface area contributed by atoms with E-state index in [1.807, 2.05) is 24.3 Å². The number of hydrogen-bond donors (Lipinski definition) is 3. The first-order valence-electron chi connectivity index (χ1n) is 10.1. The van der Waals surface area contributed by atoms with Crippen LogP contribution in [0.25, 0.3) is 10.8 Å². The third kappa shape index (κ3) is 7.87. The molecule has 3 aromatic carbocycles. The Morgan fingerprint density at radius 2 is 1.69 bits per heavy atom. The summed E-state index contributed by atoms with van der Waals surface area (Å²) in [6.07, 6.45) is 0. The van der Waals surface area contributed by atoms with Gasteiger partial charge in [0.25, 0.3) is 11.8 Å². The fourth-order valence-electron chi connectivity index (χ4n) is 2.86. The van der Waals surface area contributed by atoms with Gasteiger partial charge in [-0.05, 0) is 91.2 Å². The van der Waals surface area contributed by atoms with Crippen LogP contribution in [0.4, 0.5) is 0 Å². The van der Waals surface area contributed by atoms with Crippen LogP contribution in [0.1, 0.15) is 10.4 Å². The number of hydrazine groups is 1. The molecule has 0 spiro atoms. The van der Waals surface area contributed by atoms with Crippen LogP contribution in [0, 0.1) is 0 Å². The zero-order valence-electron chi connectivity index (χ0n) is 18.3. The second-order valence-corrected chi connectivity index (χ2v) is 9.95. The zero-order chi connectivity index (χ0) is 25.4. The van der Waals surface area contributed by atoms with Gasteiger partial charge in [0.2, 0.25) is 0 Å². The Balaban J connectivity index is 1.46. The van der Waals surface area contributed by atoms with Crippen LogP contribution in [0.3, 0.4) is 0 Å². The molecule has 8 nitrogen and oxygen atoms in total. The molecular weight excluding hydrogens is 670 g/mol. The van der Waals surface area contributed by atoms with Gasteiger partial charge in [-0.25, -0.2) is 0 Å². The molecule has 3 rings (SSSR count). The maximum absolute atomic E-state index is 12.4. The van der Waals surface area contributed by atoms with E-state index >= 15 is 0 Å². The fraction of sp³-hybridized carbons (Fsp3) is 0.174. The van der Waals surface area contributed by atoms with Crippen molar-refractivity contribution in [1.29, 1.82) is 0 Å². The van der Waals surface area contributed by atoms with Crippen molar-refractivity contribution in [2.24, 2.45) is 0 Å². The Kier molecular flexibility index (Phi) is 10.3.